The van der Waals surface area contributed by atoms with Crippen LogP contribution < -0.4 is 0 Å². The van der Waals surface area contributed by atoms with Gasteiger partial charge in [0.2, 0.25) is 5.91 Å². The van der Waals surface area contributed by atoms with Crippen LogP contribution in [0.4, 0.5) is 4.39 Å². The van der Waals surface area contributed by atoms with E-state index in [1.807, 2.05) is 18.7 Å². The number of halogens is 1. The third-order valence-corrected chi connectivity index (χ3v) is 6.77. The fraction of sp³-hybridized carbons (Fsp3) is 0.680. The number of nitrogens with zero attached hydrogens (tertiary/aromatic N) is 3. The average molecular weight is 448 g/mol. The number of hydrogen-bond acceptors (Lipinski definition) is 4. The Labute approximate surface area is 191 Å². The molecular formula is C25H38FN3O3. The van der Waals surface area contributed by atoms with Gasteiger partial charge in [0.15, 0.2) is 0 Å². The number of β-amino-alcohol motifs (C(OH)–C–C–N with tert-alkyl or cyclic N) is 1. The van der Waals surface area contributed by atoms with Crippen molar-refractivity contribution in [2.75, 3.05) is 32.7 Å². The summed E-state index contributed by atoms with van der Waals surface area (Å²) in [6.07, 6.45) is 3.34. The molecule has 178 valence electrons. The van der Waals surface area contributed by atoms with E-state index in [9.17, 15) is 19.1 Å². The van der Waals surface area contributed by atoms with Crippen LogP contribution in [0.3, 0.4) is 0 Å². The summed E-state index contributed by atoms with van der Waals surface area (Å²) in [6.45, 7) is 10.9. The lowest BCUT2D eigenvalue weighted by atomic mass is 9.92. The Balaban J connectivity index is 1.69. The summed E-state index contributed by atoms with van der Waals surface area (Å²) >= 11 is 0. The molecule has 2 saturated heterocycles. The highest BCUT2D eigenvalue weighted by atomic mass is 19.1. The van der Waals surface area contributed by atoms with Crippen LogP contribution in [0.25, 0.3) is 0 Å². The van der Waals surface area contributed by atoms with Gasteiger partial charge in [0.1, 0.15) is 5.82 Å². The second-order valence-electron chi connectivity index (χ2n) is 9.95. The zero-order valence-corrected chi connectivity index (χ0v) is 19.9. The van der Waals surface area contributed by atoms with Gasteiger partial charge in [0.25, 0.3) is 5.91 Å². The molecule has 2 aliphatic heterocycles. The topological polar surface area (TPSA) is 64.1 Å². The number of rotatable bonds is 6. The average Bonchev–Trinajstić information content (AvgIpc) is 2.77. The van der Waals surface area contributed by atoms with Gasteiger partial charge in [-0.15, -0.1) is 0 Å². The highest BCUT2D eigenvalue weighted by Crippen LogP contribution is 2.27. The lowest BCUT2D eigenvalue weighted by Crippen LogP contribution is -2.63. The number of carbonyl (C=O) groups excluding carboxylic acids is 2. The molecule has 3 atom stereocenters. The molecule has 0 spiro atoms. The van der Waals surface area contributed by atoms with Crippen LogP contribution in [0.5, 0.6) is 0 Å². The molecule has 1 aromatic carbocycles. The molecule has 0 bridgehead atoms. The van der Waals surface area contributed by atoms with Crippen molar-refractivity contribution >= 4 is 11.8 Å². The van der Waals surface area contributed by atoms with Gasteiger partial charge in [-0.1, -0.05) is 13.8 Å². The van der Waals surface area contributed by atoms with Gasteiger partial charge in [-0.3, -0.25) is 14.5 Å². The molecule has 0 radical (unpaired) electrons. The van der Waals surface area contributed by atoms with Crippen LogP contribution in [0.15, 0.2) is 24.3 Å². The molecule has 2 fully saturated rings. The maximum absolute atomic E-state index is 13.6. The molecule has 0 unspecified atom stereocenters. The summed E-state index contributed by atoms with van der Waals surface area (Å²) in [4.78, 5) is 32.6. The first-order valence-corrected chi connectivity index (χ1v) is 11.9. The number of carbonyl (C=O) groups is 2. The van der Waals surface area contributed by atoms with Gasteiger partial charge in [-0.25, -0.2) is 4.39 Å². The summed E-state index contributed by atoms with van der Waals surface area (Å²) in [6, 6.07) is 5.92. The van der Waals surface area contributed by atoms with Crippen molar-refractivity contribution in [1.29, 1.82) is 0 Å². The van der Waals surface area contributed by atoms with Gasteiger partial charge in [-0.05, 0) is 63.8 Å². The maximum atomic E-state index is 13.6. The fourth-order valence-corrected chi connectivity index (χ4v) is 5.08. The third-order valence-electron chi connectivity index (χ3n) is 6.77. The molecule has 1 aromatic rings. The van der Waals surface area contributed by atoms with E-state index in [1.165, 1.54) is 24.3 Å². The van der Waals surface area contributed by atoms with Crippen molar-refractivity contribution < 1.29 is 19.1 Å². The molecule has 2 amide bonds. The predicted octanol–water partition coefficient (Wildman–Crippen LogP) is 3.15. The Morgan fingerprint density at radius 2 is 1.72 bits per heavy atom. The van der Waals surface area contributed by atoms with E-state index in [0.29, 0.717) is 31.7 Å². The lowest BCUT2D eigenvalue weighted by Gasteiger charge is -2.49. The smallest absolute Gasteiger partial charge is 0.253 e. The van der Waals surface area contributed by atoms with Gasteiger partial charge in [0, 0.05) is 50.4 Å². The number of amides is 2. The minimum absolute atomic E-state index is 0.107. The van der Waals surface area contributed by atoms with Crippen LogP contribution in [-0.2, 0) is 4.79 Å². The van der Waals surface area contributed by atoms with Gasteiger partial charge >= 0.3 is 0 Å². The van der Waals surface area contributed by atoms with Crippen molar-refractivity contribution in [3.05, 3.63) is 35.6 Å². The minimum Gasteiger partial charge on any atom is -0.389 e. The van der Waals surface area contributed by atoms with Gasteiger partial charge in [-0.2, -0.15) is 0 Å². The van der Waals surface area contributed by atoms with Crippen molar-refractivity contribution in [1.82, 2.24) is 14.7 Å². The van der Waals surface area contributed by atoms with Crippen LogP contribution in [-0.4, -0.2) is 82.0 Å². The number of piperazine rings is 1. The van der Waals surface area contributed by atoms with Crippen molar-refractivity contribution in [2.45, 2.75) is 71.1 Å². The standard InChI is InChI=1S/C25H38FN3O3/c1-5-21-16-29(22(6-2)15-28(21)17-25(3,4)32)24(31)19-8-7-13-27(14-19)23(30)18-9-11-20(26)12-10-18/h9-12,19,21-22,32H,5-8,13-17H2,1-4H3/t19-,21-,22+/m1/s1. The Morgan fingerprint density at radius 3 is 2.31 bits per heavy atom. The van der Waals surface area contributed by atoms with E-state index in [1.54, 1.807) is 4.90 Å². The summed E-state index contributed by atoms with van der Waals surface area (Å²) in [5.74, 6) is -0.584. The summed E-state index contributed by atoms with van der Waals surface area (Å²) < 4.78 is 13.2. The lowest BCUT2D eigenvalue weighted by molar-refractivity contribution is -0.145. The molecule has 2 aliphatic rings. The molecule has 0 aromatic heterocycles. The van der Waals surface area contributed by atoms with E-state index in [4.69, 9.17) is 0 Å². The monoisotopic (exact) mass is 447 g/mol. The zero-order chi connectivity index (χ0) is 23.5. The molecule has 0 aliphatic carbocycles. The Kier molecular flexibility index (Phi) is 7.93. The molecule has 6 nitrogen and oxygen atoms in total. The third kappa shape index (κ3) is 5.87. The first-order valence-electron chi connectivity index (χ1n) is 11.9. The van der Waals surface area contributed by atoms with Crippen LogP contribution >= 0.6 is 0 Å². The Morgan fingerprint density at radius 1 is 1.06 bits per heavy atom. The molecular weight excluding hydrogens is 409 g/mol. The number of benzene rings is 1. The second kappa shape index (κ2) is 10.3. The van der Waals surface area contributed by atoms with Crippen LogP contribution in [0.2, 0.25) is 0 Å². The van der Waals surface area contributed by atoms with Crippen molar-refractivity contribution in [2.24, 2.45) is 5.92 Å². The first-order chi connectivity index (χ1) is 15.1. The van der Waals surface area contributed by atoms with E-state index < -0.39 is 5.60 Å². The second-order valence-corrected chi connectivity index (χ2v) is 9.95. The molecule has 32 heavy (non-hydrogen) atoms. The normalized spacial score (nSPS) is 25.1. The van der Waals surface area contributed by atoms with Crippen LogP contribution in [0, 0.1) is 11.7 Å². The van der Waals surface area contributed by atoms with Gasteiger partial charge < -0.3 is 14.9 Å². The highest BCUT2D eigenvalue weighted by molar-refractivity contribution is 5.94. The van der Waals surface area contributed by atoms with Crippen molar-refractivity contribution in [3.63, 3.8) is 0 Å². The fourth-order valence-electron chi connectivity index (χ4n) is 5.08. The minimum atomic E-state index is -0.775. The SMILES string of the molecule is CC[C@@H]1CN(C(=O)[C@@H]2CCCN(C(=O)c3ccc(F)cc3)C2)[C@@H](CC)CN1CC(C)(C)O. The molecule has 3 rings (SSSR count). The molecule has 1 N–H and O–H groups in total. The number of aliphatic hydroxyl groups is 1. The van der Waals surface area contributed by atoms with E-state index in [-0.39, 0.29) is 35.6 Å². The van der Waals surface area contributed by atoms with Crippen LogP contribution in [0.1, 0.15) is 63.7 Å². The molecule has 0 saturated carbocycles. The van der Waals surface area contributed by atoms with E-state index >= 15 is 0 Å². The molecule has 2 heterocycles. The Bertz CT molecular complexity index is 793. The zero-order valence-electron chi connectivity index (χ0n) is 19.9. The summed E-state index contributed by atoms with van der Waals surface area (Å²) in [5, 5.41) is 10.3. The quantitative estimate of drug-likeness (QED) is 0.728. The molecule has 7 heteroatoms. The first kappa shape index (κ1) is 24.6. The largest absolute Gasteiger partial charge is 0.389 e. The summed E-state index contributed by atoms with van der Waals surface area (Å²) in [5.41, 5.74) is -0.320. The summed E-state index contributed by atoms with van der Waals surface area (Å²) in [7, 11) is 0. The number of piperidine rings is 1. The highest BCUT2D eigenvalue weighted by Gasteiger charge is 2.40. The number of likely N-dealkylation sites (tertiary alicyclic amines) is 1. The number of hydrogen-bond donors (Lipinski definition) is 1. The maximum Gasteiger partial charge on any atom is 0.253 e. The van der Waals surface area contributed by atoms with Gasteiger partial charge in [0.05, 0.1) is 11.5 Å². The van der Waals surface area contributed by atoms with E-state index in [2.05, 4.69) is 18.7 Å². The van der Waals surface area contributed by atoms with Crippen molar-refractivity contribution in [3.8, 4) is 0 Å². The van der Waals surface area contributed by atoms with E-state index in [0.717, 1.165) is 32.2 Å². The predicted molar refractivity (Wildman–Crippen MR) is 123 cm³/mol. The Hall–Kier alpha value is -1.99.